The minimum Gasteiger partial charge on any atom is -0.493 e. The molecule has 3 nitrogen and oxygen atoms in total. The molecule has 2 N–H and O–H groups in total. The quantitative estimate of drug-likeness (QED) is 0.697. The summed E-state index contributed by atoms with van der Waals surface area (Å²) in [5, 5.41) is 9.13. The molecule has 0 radical (unpaired) electrons. The number of rotatable bonds is 1. The lowest BCUT2D eigenvalue weighted by molar-refractivity contribution is 0.335. The predicted octanol–water partition coefficient (Wildman–Crippen LogP) is 2.41. The van der Waals surface area contributed by atoms with E-state index in [0.29, 0.717) is 5.92 Å². The Labute approximate surface area is 78.2 Å². The number of nitrogens with one attached hydrogen (secondary N) is 1. The summed E-state index contributed by atoms with van der Waals surface area (Å²) in [6.07, 6.45) is 6.52. The minimum absolute atomic E-state index is 0.188. The fourth-order valence-electron chi connectivity index (χ4n) is 2.22. The van der Waals surface area contributed by atoms with Crippen molar-refractivity contribution in [3.8, 4) is 5.88 Å². The number of H-pyrrole nitrogens is 1. The predicted molar refractivity (Wildman–Crippen MR) is 50.6 cm³/mol. The molecule has 1 fully saturated rings. The standard InChI is InChI=1S/C10H16N2O/c1-7-3-2-4-8(5-7)10-11-6-9(13)12-10/h6-8,13H,2-5H2,1H3,(H,11,12). The normalized spacial score (nSPS) is 29.0. The van der Waals surface area contributed by atoms with E-state index in [0.717, 1.165) is 11.7 Å². The van der Waals surface area contributed by atoms with Gasteiger partial charge >= 0.3 is 0 Å². The van der Waals surface area contributed by atoms with Crippen LogP contribution in [0.4, 0.5) is 0 Å². The van der Waals surface area contributed by atoms with Crippen molar-refractivity contribution < 1.29 is 5.11 Å². The highest BCUT2D eigenvalue weighted by atomic mass is 16.3. The number of nitrogens with zero attached hydrogens (tertiary/aromatic N) is 1. The van der Waals surface area contributed by atoms with Gasteiger partial charge in [-0.2, -0.15) is 0 Å². The molecule has 2 atom stereocenters. The van der Waals surface area contributed by atoms with Crippen molar-refractivity contribution in [3.63, 3.8) is 0 Å². The van der Waals surface area contributed by atoms with E-state index in [2.05, 4.69) is 16.9 Å². The summed E-state index contributed by atoms with van der Waals surface area (Å²) in [5.41, 5.74) is 0. The number of hydrogen-bond acceptors (Lipinski definition) is 2. The molecule has 1 heterocycles. The molecule has 1 aliphatic carbocycles. The van der Waals surface area contributed by atoms with Crippen molar-refractivity contribution in [2.45, 2.75) is 38.5 Å². The maximum Gasteiger partial charge on any atom is 0.208 e. The van der Waals surface area contributed by atoms with E-state index in [-0.39, 0.29) is 5.88 Å². The average molecular weight is 180 g/mol. The van der Waals surface area contributed by atoms with Gasteiger partial charge in [-0.25, -0.2) is 4.98 Å². The Morgan fingerprint density at radius 3 is 3.00 bits per heavy atom. The van der Waals surface area contributed by atoms with E-state index in [9.17, 15) is 0 Å². The van der Waals surface area contributed by atoms with Gasteiger partial charge in [-0.15, -0.1) is 0 Å². The number of aromatic amines is 1. The molecule has 1 saturated carbocycles. The Morgan fingerprint density at radius 2 is 2.38 bits per heavy atom. The highest BCUT2D eigenvalue weighted by Gasteiger charge is 2.22. The lowest BCUT2D eigenvalue weighted by Crippen LogP contribution is -2.12. The molecule has 0 saturated heterocycles. The molecule has 2 unspecified atom stereocenters. The van der Waals surface area contributed by atoms with Gasteiger partial charge in [-0.1, -0.05) is 19.8 Å². The molecule has 0 amide bonds. The maximum atomic E-state index is 9.13. The van der Waals surface area contributed by atoms with Gasteiger partial charge in [0.25, 0.3) is 0 Å². The lowest BCUT2D eigenvalue weighted by Gasteiger charge is -2.24. The van der Waals surface area contributed by atoms with Gasteiger partial charge < -0.3 is 10.1 Å². The molecule has 2 rings (SSSR count). The smallest absolute Gasteiger partial charge is 0.208 e. The molecule has 0 aliphatic heterocycles. The van der Waals surface area contributed by atoms with Gasteiger partial charge in [0.15, 0.2) is 0 Å². The highest BCUT2D eigenvalue weighted by Crippen LogP contribution is 2.34. The van der Waals surface area contributed by atoms with Gasteiger partial charge in [0.2, 0.25) is 5.88 Å². The molecular weight excluding hydrogens is 164 g/mol. The third kappa shape index (κ3) is 1.85. The van der Waals surface area contributed by atoms with E-state index in [1.807, 2.05) is 0 Å². The SMILES string of the molecule is CC1CCCC(c2ncc(O)[nH]2)C1. The lowest BCUT2D eigenvalue weighted by atomic mass is 9.82. The molecule has 0 spiro atoms. The van der Waals surface area contributed by atoms with Crippen molar-refractivity contribution in [2.75, 3.05) is 0 Å². The molecule has 1 aromatic heterocycles. The van der Waals surface area contributed by atoms with E-state index in [1.165, 1.54) is 31.9 Å². The van der Waals surface area contributed by atoms with Crippen LogP contribution in [0.2, 0.25) is 0 Å². The summed E-state index contributed by atoms with van der Waals surface area (Å²) in [6, 6.07) is 0. The van der Waals surface area contributed by atoms with Crippen LogP contribution in [0.15, 0.2) is 6.20 Å². The van der Waals surface area contributed by atoms with E-state index < -0.39 is 0 Å². The number of imidazole rings is 1. The summed E-state index contributed by atoms with van der Waals surface area (Å²) in [7, 11) is 0. The van der Waals surface area contributed by atoms with Crippen LogP contribution in [0.3, 0.4) is 0 Å². The molecule has 0 bridgehead atoms. The molecule has 0 aromatic carbocycles. The molecule has 13 heavy (non-hydrogen) atoms. The van der Waals surface area contributed by atoms with Crippen LogP contribution >= 0.6 is 0 Å². The van der Waals surface area contributed by atoms with E-state index in [4.69, 9.17) is 5.11 Å². The summed E-state index contributed by atoms with van der Waals surface area (Å²) in [6.45, 7) is 2.29. The van der Waals surface area contributed by atoms with Crippen molar-refractivity contribution in [1.29, 1.82) is 0 Å². The first-order valence-corrected chi connectivity index (χ1v) is 4.99. The summed E-state index contributed by atoms with van der Waals surface area (Å²) < 4.78 is 0. The highest BCUT2D eigenvalue weighted by molar-refractivity contribution is 5.09. The molecule has 3 heteroatoms. The Hall–Kier alpha value is -0.990. The topological polar surface area (TPSA) is 48.9 Å². The van der Waals surface area contributed by atoms with Crippen LogP contribution in [-0.2, 0) is 0 Å². The molecule has 1 aromatic rings. The summed E-state index contributed by atoms with van der Waals surface area (Å²) in [5.74, 6) is 2.48. The molecular formula is C10H16N2O. The van der Waals surface area contributed by atoms with Crippen molar-refractivity contribution in [3.05, 3.63) is 12.0 Å². The van der Waals surface area contributed by atoms with Gasteiger partial charge in [0.05, 0.1) is 6.20 Å². The molecule has 72 valence electrons. The van der Waals surface area contributed by atoms with Gasteiger partial charge in [0.1, 0.15) is 5.82 Å². The zero-order valence-corrected chi connectivity index (χ0v) is 7.95. The minimum atomic E-state index is 0.188. The van der Waals surface area contributed by atoms with Gasteiger partial charge in [-0.05, 0) is 18.8 Å². The Morgan fingerprint density at radius 1 is 1.54 bits per heavy atom. The Balaban J connectivity index is 2.08. The maximum absolute atomic E-state index is 9.13. The zero-order valence-electron chi connectivity index (χ0n) is 7.95. The third-order valence-electron chi connectivity index (χ3n) is 2.91. The van der Waals surface area contributed by atoms with Crippen LogP contribution in [0.25, 0.3) is 0 Å². The first-order chi connectivity index (χ1) is 6.25. The zero-order chi connectivity index (χ0) is 9.26. The van der Waals surface area contributed by atoms with Crippen LogP contribution < -0.4 is 0 Å². The van der Waals surface area contributed by atoms with Crippen LogP contribution in [0.5, 0.6) is 5.88 Å². The second-order valence-corrected chi connectivity index (χ2v) is 4.12. The largest absolute Gasteiger partial charge is 0.493 e. The average Bonchev–Trinajstić information content (AvgIpc) is 2.52. The second kappa shape index (κ2) is 3.40. The fourth-order valence-corrected chi connectivity index (χ4v) is 2.22. The number of aromatic hydroxyl groups is 1. The van der Waals surface area contributed by atoms with Crippen LogP contribution in [0.1, 0.15) is 44.3 Å². The Kier molecular flexibility index (Phi) is 2.25. The summed E-state index contributed by atoms with van der Waals surface area (Å²) >= 11 is 0. The van der Waals surface area contributed by atoms with Gasteiger partial charge in [-0.3, -0.25) is 0 Å². The van der Waals surface area contributed by atoms with Crippen molar-refractivity contribution in [2.24, 2.45) is 5.92 Å². The second-order valence-electron chi connectivity index (χ2n) is 4.12. The summed E-state index contributed by atoms with van der Waals surface area (Å²) in [4.78, 5) is 7.08. The monoisotopic (exact) mass is 180 g/mol. The Bertz CT molecular complexity index is 282. The number of aromatic nitrogens is 2. The van der Waals surface area contributed by atoms with E-state index >= 15 is 0 Å². The van der Waals surface area contributed by atoms with Crippen LogP contribution in [-0.4, -0.2) is 15.1 Å². The van der Waals surface area contributed by atoms with Crippen molar-refractivity contribution in [1.82, 2.24) is 9.97 Å². The number of hydrogen-bond donors (Lipinski definition) is 2. The molecule has 1 aliphatic rings. The third-order valence-corrected chi connectivity index (χ3v) is 2.91. The first kappa shape index (κ1) is 8.60. The van der Waals surface area contributed by atoms with E-state index in [1.54, 1.807) is 0 Å². The van der Waals surface area contributed by atoms with Crippen molar-refractivity contribution >= 4 is 0 Å². The van der Waals surface area contributed by atoms with Gasteiger partial charge in [0, 0.05) is 5.92 Å². The first-order valence-electron chi connectivity index (χ1n) is 4.99. The van der Waals surface area contributed by atoms with Crippen LogP contribution in [0, 0.1) is 5.92 Å². The fraction of sp³-hybridized carbons (Fsp3) is 0.700.